The molecule has 0 saturated heterocycles. The molecule has 1 aliphatic rings. The molecule has 1 aliphatic carbocycles. The molecule has 0 spiro atoms. The van der Waals surface area contributed by atoms with E-state index in [0.29, 0.717) is 5.56 Å². The molecule has 0 aromatic heterocycles. The van der Waals surface area contributed by atoms with Crippen molar-refractivity contribution in [2.24, 2.45) is 5.92 Å². The molecule has 1 aromatic carbocycles. The van der Waals surface area contributed by atoms with Gasteiger partial charge in [-0.15, -0.1) is 0 Å². The van der Waals surface area contributed by atoms with Gasteiger partial charge in [0.1, 0.15) is 6.10 Å². The van der Waals surface area contributed by atoms with Crippen molar-refractivity contribution in [3.8, 4) is 0 Å². The fourth-order valence-corrected chi connectivity index (χ4v) is 3.76. The van der Waals surface area contributed by atoms with Crippen molar-refractivity contribution in [2.45, 2.75) is 58.4 Å². The molecular formula is C17H26O3Si. The second kappa shape index (κ2) is 6.75. The average molecular weight is 306 g/mol. The molecule has 0 heterocycles. The smallest absolute Gasteiger partial charge is 0.293 e. The van der Waals surface area contributed by atoms with E-state index in [0.717, 1.165) is 31.6 Å². The summed E-state index contributed by atoms with van der Waals surface area (Å²) in [6.45, 7) is 9.11. The van der Waals surface area contributed by atoms with Gasteiger partial charge in [0, 0.05) is 0 Å². The van der Waals surface area contributed by atoms with E-state index in [-0.39, 0.29) is 6.10 Å². The fraction of sp³-hybridized carbons (Fsp3) is 0.588. The van der Waals surface area contributed by atoms with E-state index >= 15 is 0 Å². The molecule has 116 valence electrons. The van der Waals surface area contributed by atoms with Crippen LogP contribution in [0, 0.1) is 5.92 Å². The van der Waals surface area contributed by atoms with Gasteiger partial charge in [-0.1, -0.05) is 43.9 Å². The Morgan fingerprint density at radius 3 is 2.14 bits per heavy atom. The molecule has 0 unspecified atom stereocenters. The lowest BCUT2D eigenvalue weighted by atomic mass is 9.89. The fourth-order valence-electron chi connectivity index (χ4n) is 2.59. The Balaban J connectivity index is 1.86. The minimum atomic E-state index is -1.33. The number of hydrogen-bond donors (Lipinski definition) is 0. The first-order chi connectivity index (χ1) is 9.86. The van der Waals surface area contributed by atoms with Gasteiger partial charge in [-0.2, -0.15) is 4.89 Å². The minimum absolute atomic E-state index is 0.0615. The molecule has 21 heavy (non-hydrogen) atoms. The highest BCUT2D eigenvalue weighted by Gasteiger charge is 2.22. The summed E-state index contributed by atoms with van der Waals surface area (Å²) in [5.74, 6) is 0.366. The van der Waals surface area contributed by atoms with Crippen LogP contribution in [0.25, 0.3) is 0 Å². The van der Waals surface area contributed by atoms with Crippen LogP contribution in [-0.2, 0) is 9.78 Å². The van der Waals surface area contributed by atoms with Crippen molar-refractivity contribution in [2.75, 3.05) is 0 Å². The summed E-state index contributed by atoms with van der Waals surface area (Å²) in [5.41, 5.74) is 0.557. The summed E-state index contributed by atoms with van der Waals surface area (Å²) >= 11 is 0. The summed E-state index contributed by atoms with van der Waals surface area (Å²) in [6.07, 6.45) is 4.30. The molecule has 2 rings (SSSR count). The maximum Gasteiger partial charge on any atom is 0.373 e. The summed E-state index contributed by atoms with van der Waals surface area (Å²) in [7, 11) is -1.33. The van der Waals surface area contributed by atoms with E-state index in [9.17, 15) is 4.79 Å². The van der Waals surface area contributed by atoms with E-state index in [4.69, 9.17) is 9.78 Å². The van der Waals surface area contributed by atoms with Crippen molar-refractivity contribution < 1.29 is 14.6 Å². The van der Waals surface area contributed by atoms with E-state index in [1.54, 1.807) is 0 Å². The summed E-state index contributed by atoms with van der Waals surface area (Å²) < 4.78 is 0. The monoisotopic (exact) mass is 306 g/mol. The molecule has 0 aliphatic heterocycles. The van der Waals surface area contributed by atoms with Gasteiger partial charge in [-0.3, -0.25) is 4.89 Å². The van der Waals surface area contributed by atoms with Crippen LogP contribution in [0.4, 0.5) is 0 Å². The highest BCUT2D eigenvalue weighted by molar-refractivity contribution is 6.88. The molecule has 0 amide bonds. The summed E-state index contributed by atoms with van der Waals surface area (Å²) in [4.78, 5) is 22.3. The first-order valence-electron chi connectivity index (χ1n) is 7.84. The SMILES string of the molecule is CC1CCC(OOC(=O)c2ccc([Si](C)(C)C)cc2)CC1. The van der Waals surface area contributed by atoms with Gasteiger partial charge in [-0.25, -0.2) is 4.79 Å². The van der Waals surface area contributed by atoms with Crippen LogP contribution in [0.15, 0.2) is 24.3 Å². The molecule has 1 fully saturated rings. The molecule has 0 radical (unpaired) electrons. The van der Waals surface area contributed by atoms with Gasteiger partial charge in [-0.05, 0) is 43.7 Å². The van der Waals surface area contributed by atoms with Crippen LogP contribution in [0.1, 0.15) is 43.0 Å². The average Bonchev–Trinajstić information content (AvgIpc) is 2.45. The zero-order valence-electron chi connectivity index (χ0n) is 13.5. The lowest BCUT2D eigenvalue weighted by molar-refractivity contribution is -0.280. The number of hydrogen-bond acceptors (Lipinski definition) is 3. The standard InChI is InChI=1S/C17H26O3Si/c1-13-5-9-15(10-6-13)19-20-17(18)14-7-11-16(12-8-14)21(2,3)4/h7-8,11-13,15H,5-6,9-10H2,1-4H3. The number of carbonyl (C=O) groups is 1. The van der Waals surface area contributed by atoms with E-state index in [1.165, 1.54) is 5.19 Å². The third-order valence-corrected chi connectivity index (χ3v) is 6.27. The van der Waals surface area contributed by atoms with E-state index in [1.807, 2.05) is 24.3 Å². The Hall–Kier alpha value is -1.13. The van der Waals surface area contributed by atoms with Crippen molar-refractivity contribution in [1.29, 1.82) is 0 Å². The Morgan fingerprint density at radius 1 is 1.05 bits per heavy atom. The molecule has 0 N–H and O–H groups in total. The second-order valence-electron chi connectivity index (χ2n) is 7.18. The minimum Gasteiger partial charge on any atom is -0.293 e. The molecule has 3 nitrogen and oxygen atoms in total. The zero-order chi connectivity index (χ0) is 15.5. The van der Waals surface area contributed by atoms with Crippen molar-refractivity contribution in [3.63, 3.8) is 0 Å². The third kappa shape index (κ3) is 4.68. The first kappa shape index (κ1) is 16.2. The van der Waals surface area contributed by atoms with Crippen LogP contribution in [0.5, 0.6) is 0 Å². The predicted molar refractivity (Wildman–Crippen MR) is 87.3 cm³/mol. The maximum atomic E-state index is 12.0. The Labute approximate surface area is 128 Å². The van der Waals surface area contributed by atoms with Gasteiger partial charge in [0.05, 0.1) is 13.6 Å². The van der Waals surface area contributed by atoms with Crippen molar-refractivity contribution in [3.05, 3.63) is 29.8 Å². The molecular weight excluding hydrogens is 280 g/mol. The van der Waals surface area contributed by atoms with Crippen LogP contribution in [0.2, 0.25) is 19.6 Å². The first-order valence-corrected chi connectivity index (χ1v) is 11.3. The van der Waals surface area contributed by atoms with Gasteiger partial charge >= 0.3 is 5.97 Å². The van der Waals surface area contributed by atoms with Crippen LogP contribution < -0.4 is 5.19 Å². The lowest BCUT2D eigenvalue weighted by Gasteiger charge is -2.24. The Bertz CT molecular complexity index is 468. The largest absolute Gasteiger partial charge is 0.373 e. The molecule has 0 atom stereocenters. The number of carbonyl (C=O) groups excluding carboxylic acids is 1. The predicted octanol–water partition coefficient (Wildman–Crippen LogP) is 3.90. The lowest BCUT2D eigenvalue weighted by Crippen LogP contribution is -2.37. The zero-order valence-corrected chi connectivity index (χ0v) is 14.5. The van der Waals surface area contributed by atoms with Gasteiger partial charge in [0.25, 0.3) is 0 Å². The maximum absolute atomic E-state index is 12.0. The molecule has 0 bridgehead atoms. The summed E-state index contributed by atoms with van der Waals surface area (Å²) in [6, 6.07) is 7.74. The van der Waals surface area contributed by atoms with Crippen LogP contribution in [0.3, 0.4) is 0 Å². The molecule has 1 aromatic rings. The Morgan fingerprint density at radius 2 is 1.62 bits per heavy atom. The van der Waals surface area contributed by atoms with E-state index < -0.39 is 14.0 Å². The topological polar surface area (TPSA) is 35.5 Å². The molecule has 1 saturated carbocycles. The van der Waals surface area contributed by atoms with Crippen LogP contribution in [-0.4, -0.2) is 20.1 Å². The summed E-state index contributed by atoms with van der Waals surface area (Å²) in [5, 5.41) is 1.33. The third-order valence-electron chi connectivity index (χ3n) is 4.21. The van der Waals surface area contributed by atoms with Gasteiger partial charge in [0.15, 0.2) is 0 Å². The van der Waals surface area contributed by atoms with E-state index in [2.05, 4.69) is 26.6 Å². The second-order valence-corrected chi connectivity index (χ2v) is 12.3. The number of benzene rings is 1. The van der Waals surface area contributed by atoms with Gasteiger partial charge in [0.2, 0.25) is 0 Å². The van der Waals surface area contributed by atoms with Crippen molar-refractivity contribution >= 4 is 19.2 Å². The highest BCUT2D eigenvalue weighted by Crippen LogP contribution is 2.25. The molecule has 4 heteroatoms. The van der Waals surface area contributed by atoms with Crippen LogP contribution >= 0.6 is 0 Å². The number of rotatable bonds is 4. The normalized spacial score (nSPS) is 22.9. The van der Waals surface area contributed by atoms with Gasteiger partial charge < -0.3 is 0 Å². The Kier molecular flexibility index (Phi) is 5.22. The van der Waals surface area contributed by atoms with Crippen molar-refractivity contribution in [1.82, 2.24) is 0 Å². The highest BCUT2D eigenvalue weighted by atomic mass is 28.3. The quantitative estimate of drug-likeness (QED) is 0.481.